The fraction of sp³-hybridized carbons (Fsp3) is 0.393. The maximum Gasteiger partial charge on any atom is 0.276 e. The molecule has 1 N–H and O–H groups in total. The molecule has 2 aliphatic heterocycles. The number of aromatic nitrogens is 3. The summed E-state index contributed by atoms with van der Waals surface area (Å²) < 4.78 is 7.84. The second-order valence-electron chi connectivity index (χ2n) is 9.37. The normalized spacial score (nSPS) is 18.8. The highest BCUT2D eigenvalue weighted by Crippen LogP contribution is 2.28. The molecule has 0 spiro atoms. The highest BCUT2D eigenvalue weighted by atomic mass is 16.5. The van der Waals surface area contributed by atoms with Crippen LogP contribution in [0.1, 0.15) is 71.2 Å². The molecule has 1 amide bonds. The molecule has 1 aromatic carbocycles. The minimum Gasteiger partial charge on any atom is -0.357 e. The van der Waals surface area contributed by atoms with E-state index in [1.807, 2.05) is 48.0 Å². The molecule has 1 atom stereocenters. The fourth-order valence-corrected chi connectivity index (χ4v) is 4.83. The lowest BCUT2D eigenvalue weighted by atomic mass is 10.1. The second kappa shape index (κ2) is 11.0. The maximum absolute atomic E-state index is 13.4. The van der Waals surface area contributed by atoms with Crippen LogP contribution in [0, 0.1) is 6.92 Å². The number of amides is 1. The maximum atomic E-state index is 13.4. The van der Waals surface area contributed by atoms with Gasteiger partial charge in [-0.15, -0.1) is 0 Å². The molecule has 0 radical (unpaired) electrons. The number of likely N-dealkylation sites (tertiary alicyclic amines) is 1. The molecule has 7 heteroatoms. The van der Waals surface area contributed by atoms with Gasteiger partial charge < -0.3 is 10.1 Å². The van der Waals surface area contributed by atoms with E-state index in [0.29, 0.717) is 5.69 Å². The second-order valence-corrected chi connectivity index (χ2v) is 9.37. The average Bonchev–Trinajstić information content (AvgIpc) is 3.53. The Morgan fingerprint density at radius 3 is 2.66 bits per heavy atom. The number of benzene rings is 1. The summed E-state index contributed by atoms with van der Waals surface area (Å²) in [6.45, 7) is 6.01. The van der Waals surface area contributed by atoms with Crippen LogP contribution in [-0.2, 0) is 11.3 Å². The van der Waals surface area contributed by atoms with Gasteiger partial charge in [-0.1, -0.05) is 30.4 Å². The summed E-state index contributed by atoms with van der Waals surface area (Å²) >= 11 is 0. The number of hydrogen-bond donors (Lipinski definition) is 1. The molecule has 182 valence electrons. The van der Waals surface area contributed by atoms with Crippen molar-refractivity contribution < 1.29 is 9.53 Å². The summed E-state index contributed by atoms with van der Waals surface area (Å²) in [7, 11) is 0. The molecular weight excluding hydrogens is 438 g/mol. The average molecular weight is 472 g/mol. The predicted octanol–water partition coefficient (Wildman–Crippen LogP) is 5.30. The Kier molecular flexibility index (Phi) is 7.35. The van der Waals surface area contributed by atoms with E-state index < -0.39 is 0 Å². The number of ether oxygens (including phenoxy) is 1. The van der Waals surface area contributed by atoms with Gasteiger partial charge in [-0.2, -0.15) is 5.10 Å². The fourth-order valence-electron chi connectivity index (χ4n) is 4.83. The minimum atomic E-state index is -0.221. The highest BCUT2D eigenvalue weighted by Gasteiger charge is 2.25. The van der Waals surface area contributed by atoms with E-state index in [9.17, 15) is 4.79 Å². The van der Waals surface area contributed by atoms with Gasteiger partial charge in [0, 0.05) is 42.5 Å². The lowest BCUT2D eigenvalue weighted by Crippen LogP contribution is -2.21. The van der Waals surface area contributed by atoms with Crippen LogP contribution in [0.4, 0.5) is 5.69 Å². The third-order valence-corrected chi connectivity index (χ3v) is 6.78. The van der Waals surface area contributed by atoms with Gasteiger partial charge in [0.05, 0.1) is 0 Å². The number of rotatable bonds is 7. The van der Waals surface area contributed by atoms with Gasteiger partial charge in [-0.3, -0.25) is 14.7 Å². The van der Waals surface area contributed by atoms with E-state index in [1.165, 1.54) is 31.5 Å². The molecular formula is C28H33N5O2. The SMILES string of the molecule is Cc1c(C=Cc2cccnc2)c(C(=O)Nc2ccc(CN3CCCC3)cc2)nn1C1CCCCO1. The van der Waals surface area contributed by atoms with E-state index >= 15 is 0 Å². The first-order valence-corrected chi connectivity index (χ1v) is 12.6. The molecule has 7 nitrogen and oxygen atoms in total. The number of carbonyl (C=O) groups is 1. The molecule has 4 heterocycles. The van der Waals surface area contributed by atoms with E-state index in [1.54, 1.807) is 12.4 Å². The van der Waals surface area contributed by atoms with Gasteiger partial charge in [0.2, 0.25) is 0 Å². The van der Waals surface area contributed by atoms with E-state index in [4.69, 9.17) is 9.84 Å². The first kappa shape index (κ1) is 23.5. The summed E-state index contributed by atoms with van der Waals surface area (Å²) in [4.78, 5) is 20.0. The zero-order valence-corrected chi connectivity index (χ0v) is 20.3. The summed E-state index contributed by atoms with van der Waals surface area (Å²) in [6.07, 6.45) is 12.9. The smallest absolute Gasteiger partial charge is 0.276 e. The molecule has 0 saturated carbocycles. The van der Waals surface area contributed by atoms with Crippen molar-refractivity contribution in [1.29, 1.82) is 0 Å². The Morgan fingerprint density at radius 1 is 1.11 bits per heavy atom. The molecule has 2 aliphatic rings. The molecule has 2 aromatic heterocycles. The number of anilines is 1. The molecule has 1 unspecified atom stereocenters. The van der Waals surface area contributed by atoms with Crippen LogP contribution in [-0.4, -0.2) is 45.3 Å². The van der Waals surface area contributed by atoms with Crippen molar-refractivity contribution in [2.24, 2.45) is 0 Å². The van der Waals surface area contributed by atoms with Crippen LogP contribution in [0.3, 0.4) is 0 Å². The number of pyridine rings is 1. The van der Waals surface area contributed by atoms with Crippen LogP contribution >= 0.6 is 0 Å². The van der Waals surface area contributed by atoms with Crippen molar-refractivity contribution in [2.45, 2.75) is 51.8 Å². The summed E-state index contributed by atoms with van der Waals surface area (Å²) in [6, 6.07) is 12.0. The molecule has 0 aliphatic carbocycles. The third kappa shape index (κ3) is 5.69. The minimum absolute atomic E-state index is 0.138. The van der Waals surface area contributed by atoms with Gasteiger partial charge >= 0.3 is 0 Å². The first-order valence-electron chi connectivity index (χ1n) is 12.6. The van der Waals surface area contributed by atoms with Crippen molar-refractivity contribution in [1.82, 2.24) is 19.7 Å². The Labute approximate surface area is 206 Å². The Balaban J connectivity index is 1.37. The van der Waals surface area contributed by atoms with Gasteiger partial charge in [0.1, 0.15) is 6.23 Å². The topological polar surface area (TPSA) is 72.3 Å². The Bertz CT molecular complexity index is 1160. The standard InChI is InChI=1S/C28H33N5O2/c1-21-25(14-11-22-7-6-15-29-19-22)27(31-33(21)26-8-2-5-18-35-26)28(34)30-24-12-9-23(10-13-24)20-32-16-3-4-17-32/h6-7,9-15,19,26H,2-5,8,16-18,20H2,1H3,(H,30,34). The molecule has 35 heavy (non-hydrogen) atoms. The summed E-state index contributed by atoms with van der Waals surface area (Å²) in [5.74, 6) is -0.221. The monoisotopic (exact) mass is 471 g/mol. The summed E-state index contributed by atoms with van der Waals surface area (Å²) in [5, 5.41) is 7.78. The number of carbonyl (C=O) groups excluding carboxylic acids is 1. The van der Waals surface area contributed by atoms with Gasteiger partial charge in [-0.25, -0.2) is 4.68 Å². The highest BCUT2D eigenvalue weighted by molar-refractivity contribution is 6.06. The Hall–Kier alpha value is -3.29. The van der Waals surface area contributed by atoms with E-state index in [0.717, 1.165) is 54.9 Å². The van der Waals surface area contributed by atoms with Crippen LogP contribution < -0.4 is 5.32 Å². The number of nitrogens with one attached hydrogen (secondary N) is 1. The van der Waals surface area contributed by atoms with Gasteiger partial charge in [0.15, 0.2) is 5.69 Å². The molecule has 3 aromatic rings. The van der Waals surface area contributed by atoms with Crippen LogP contribution in [0.5, 0.6) is 0 Å². The van der Waals surface area contributed by atoms with Crippen LogP contribution in [0.2, 0.25) is 0 Å². The van der Waals surface area contributed by atoms with Crippen molar-refractivity contribution in [3.63, 3.8) is 0 Å². The van der Waals surface area contributed by atoms with Crippen molar-refractivity contribution in [2.75, 3.05) is 25.0 Å². The number of nitrogens with zero attached hydrogens (tertiary/aromatic N) is 4. The lowest BCUT2D eigenvalue weighted by Gasteiger charge is -2.23. The first-order chi connectivity index (χ1) is 17.2. The zero-order valence-electron chi connectivity index (χ0n) is 20.3. The van der Waals surface area contributed by atoms with E-state index in [2.05, 4.69) is 27.3 Å². The molecule has 2 saturated heterocycles. The largest absolute Gasteiger partial charge is 0.357 e. The van der Waals surface area contributed by atoms with Crippen LogP contribution in [0.15, 0.2) is 48.8 Å². The number of hydrogen-bond acceptors (Lipinski definition) is 5. The Morgan fingerprint density at radius 2 is 1.94 bits per heavy atom. The quantitative estimate of drug-likeness (QED) is 0.506. The van der Waals surface area contributed by atoms with Crippen molar-refractivity contribution in [3.8, 4) is 0 Å². The predicted molar refractivity (Wildman–Crippen MR) is 138 cm³/mol. The van der Waals surface area contributed by atoms with Gasteiger partial charge in [0.25, 0.3) is 5.91 Å². The lowest BCUT2D eigenvalue weighted by molar-refractivity contribution is -0.0407. The van der Waals surface area contributed by atoms with Crippen LogP contribution in [0.25, 0.3) is 12.2 Å². The molecule has 0 bridgehead atoms. The zero-order chi connectivity index (χ0) is 24.0. The van der Waals surface area contributed by atoms with Crippen molar-refractivity contribution in [3.05, 3.63) is 76.9 Å². The van der Waals surface area contributed by atoms with Gasteiger partial charge in [-0.05, 0) is 81.4 Å². The molecule has 5 rings (SSSR count). The third-order valence-electron chi connectivity index (χ3n) is 6.78. The summed E-state index contributed by atoms with van der Waals surface area (Å²) in [5.41, 5.74) is 5.11. The van der Waals surface area contributed by atoms with Crippen molar-refractivity contribution >= 4 is 23.7 Å². The molecule has 2 fully saturated rings. The van der Waals surface area contributed by atoms with E-state index in [-0.39, 0.29) is 12.1 Å².